The van der Waals surface area contributed by atoms with Gasteiger partial charge in [0.25, 0.3) is 0 Å². The molecule has 1 aromatic carbocycles. The SMILES string of the molecule is C=C(C)c1ccc(-c2c3ccsc3c(-c3ccc(C(=C)C)s3)c3ccsc23)s1. The first-order chi connectivity index (χ1) is 13.5. The van der Waals surface area contributed by atoms with E-state index in [2.05, 4.69) is 74.2 Å². The Bertz CT molecular complexity index is 1210. The Morgan fingerprint density at radius 3 is 1.43 bits per heavy atom. The van der Waals surface area contributed by atoms with Crippen LogP contribution in [0.1, 0.15) is 23.6 Å². The van der Waals surface area contributed by atoms with Crippen molar-refractivity contribution in [2.75, 3.05) is 0 Å². The van der Waals surface area contributed by atoms with E-state index in [9.17, 15) is 0 Å². The van der Waals surface area contributed by atoms with Gasteiger partial charge in [-0.1, -0.05) is 13.2 Å². The highest BCUT2D eigenvalue weighted by Gasteiger charge is 2.20. The van der Waals surface area contributed by atoms with E-state index in [1.807, 2.05) is 45.3 Å². The number of fused-ring (bicyclic) bond motifs is 2. The van der Waals surface area contributed by atoms with Gasteiger partial charge in [0.05, 0.1) is 0 Å². The molecule has 4 aromatic heterocycles. The van der Waals surface area contributed by atoms with Gasteiger partial charge in [-0.3, -0.25) is 0 Å². The Labute approximate surface area is 180 Å². The van der Waals surface area contributed by atoms with E-state index < -0.39 is 0 Å². The Hall–Kier alpha value is -1.98. The van der Waals surface area contributed by atoms with Gasteiger partial charge in [0.1, 0.15) is 0 Å². The van der Waals surface area contributed by atoms with Gasteiger partial charge >= 0.3 is 0 Å². The zero-order chi connectivity index (χ0) is 19.4. The van der Waals surface area contributed by atoms with Crippen molar-refractivity contribution in [1.82, 2.24) is 0 Å². The van der Waals surface area contributed by atoms with Gasteiger partial charge in [-0.05, 0) is 72.2 Å². The van der Waals surface area contributed by atoms with Crippen molar-refractivity contribution < 1.29 is 0 Å². The van der Waals surface area contributed by atoms with Crippen molar-refractivity contribution in [3.63, 3.8) is 0 Å². The van der Waals surface area contributed by atoms with Gasteiger partial charge in [-0.15, -0.1) is 45.3 Å². The number of thiophene rings is 4. The van der Waals surface area contributed by atoms with Crippen LogP contribution in [-0.4, -0.2) is 0 Å². The highest BCUT2D eigenvalue weighted by Crippen LogP contribution is 2.50. The summed E-state index contributed by atoms with van der Waals surface area (Å²) in [5, 5.41) is 7.16. The third-order valence-corrected chi connectivity index (χ3v) is 9.26. The molecule has 4 heteroatoms. The summed E-state index contributed by atoms with van der Waals surface area (Å²) in [5.41, 5.74) is 5.00. The molecule has 0 aliphatic rings. The van der Waals surface area contributed by atoms with Crippen LogP contribution in [0.3, 0.4) is 0 Å². The number of benzene rings is 1. The molecule has 0 amide bonds. The molecular weight excluding hydrogens is 417 g/mol. The molecular formula is C24H18S4. The van der Waals surface area contributed by atoms with Crippen LogP contribution >= 0.6 is 45.3 Å². The highest BCUT2D eigenvalue weighted by molar-refractivity contribution is 7.22. The van der Waals surface area contributed by atoms with Gasteiger partial charge < -0.3 is 0 Å². The first-order valence-electron chi connectivity index (χ1n) is 8.97. The molecule has 5 rings (SSSR count). The van der Waals surface area contributed by atoms with Crippen molar-refractivity contribution in [3.8, 4) is 20.9 Å². The fourth-order valence-corrected chi connectivity index (χ4v) is 7.61. The maximum absolute atomic E-state index is 4.12. The van der Waals surface area contributed by atoms with Gasteiger partial charge in [0.15, 0.2) is 0 Å². The Morgan fingerprint density at radius 1 is 0.643 bits per heavy atom. The molecule has 0 radical (unpaired) electrons. The maximum Gasteiger partial charge on any atom is 0.0442 e. The molecule has 0 aliphatic heterocycles. The molecule has 0 atom stereocenters. The molecule has 0 bridgehead atoms. The molecule has 0 spiro atoms. The van der Waals surface area contributed by atoms with Crippen molar-refractivity contribution in [2.24, 2.45) is 0 Å². The van der Waals surface area contributed by atoms with Crippen LogP contribution in [0.2, 0.25) is 0 Å². The van der Waals surface area contributed by atoms with Crippen LogP contribution < -0.4 is 0 Å². The summed E-state index contributed by atoms with van der Waals surface area (Å²) >= 11 is 7.37. The molecule has 0 N–H and O–H groups in total. The normalized spacial score (nSPS) is 11.5. The lowest BCUT2D eigenvalue weighted by molar-refractivity contribution is 1.74. The zero-order valence-corrected chi connectivity index (χ0v) is 18.9. The third-order valence-electron chi connectivity index (χ3n) is 4.87. The van der Waals surface area contributed by atoms with Crippen LogP contribution in [0.25, 0.3) is 52.2 Å². The fourth-order valence-electron chi connectivity index (χ4n) is 3.54. The summed E-state index contributed by atoms with van der Waals surface area (Å²) in [4.78, 5) is 5.18. The number of hydrogen-bond donors (Lipinski definition) is 0. The second-order valence-electron chi connectivity index (χ2n) is 6.97. The maximum atomic E-state index is 4.12. The lowest BCUT2D eigenvalue weighted by Crippen LogP contribution is -1.81. The third kappa shape index (κ3) is 2.75. The van der Waals surface area contributed by atoms with E-state index >= 15 is 0 Å². The molecule has 0 saturated heterocycles. The largest absolute Gasteiger partial charge is 0.143 e. The minimum atomic E-state index is 1.13. The van der Waals surface area contributed by atoms with Crippen molar-refractivity contribution in [3.05, 3.63) is 70.1 Å². The lowest BCUT2D eigenvalue weighted by Gasteiger charge is -2.09. The van der Waals surface area contributed by atoms with E-state index in [0.717, 1.165) is 11.1 Å². The first-order valence-corrected chi connectivity index (χ1v) is 12.4. The molecule has 4 heterocycles. The number of allylic oxidation sites excluding steroid dienone is 2. The van der Waals surface area contributed by atoms with Crippen LogP contribution in [0.15, 0.2) is 60.3 Å². The summed E-state index contributed by atoms with van der Waals surface area (Å²) in [6.45, 7) is 12.4. The monoisotopic (exact) mass is 434 g/mol. The van der Waals surface area contributed by atoms with E-state index in [-0.39, 0.29) is 0 Å². The molecule has 0 unspecified atom stereocenters. The van der Waals surface area contributed by atoms with E-state index in [1.54, 1.807) is 0 Å². The zero-order valence-electron chi connectivity index (χ0n) is 15.7. The summed E-state index contributed by atoms with van der Waals surface area (Å²) in [6.07, 6.45) is 0. The van der Waals surface area contributed by atoms with Crippen molar-refractivity contribution >= 4 is 76.7 Å². The summed E-state index contributed by atoms with van der Waals surface area (Å²) < 4.78 is 2.75. The van der Waals surface area contributed by atoms with E-state index in [4.69, 9.17) is 0 Å². The minimum absolute atomic E-state index is 1.13. The standard InChI is InChI=1S/C24H18S4/c1-13(2)17-5-7-19(27-17)21-15-9-11-26-24(15)22(16-10-12-25-23(16)21)20-8-6-18(28-20)14(3)4/h5-12H,1,3H2,2,4H3. The predicted molar refractivity (Wildman–Crippen MR) is 133 cm³/mol. The van der Waals surface area contributed by atoms with Crippen molar-refractivity contribution in [2.45, 2.75) is 13.8 Å². The van der Waals surface area contributed by atoms with Gasteiger partial charge in [0.2, 0.25) is 0 Å². The lowest BCUT2D eigenvalue weighted by atomic mass is 10.0. The average molecular weight is 435 g/mol. The Kier molecular flexibility index (Phi) is 4.40. The van der Waals surface area contributed by atoms with Gasteiger partial charge in [0, 0.05) is 50.8 Å². The molecule has 138 valence electrons. The number of hydrogen-bond acceptors (Lipinski definition) is 4. The predicted octanol–water partition coefficient (Wildman–Crippen LogP) is 9.64. The quantitative estimate of drug-likeness (QED) is 0.264. The van der Waals surface area contributed by atoms with E-state index in [1.165, 1.54) is 50.8 Å². The van der Waals surface area contributed by atoms with Crippen LogP contribution in [0, 0.1) is 0 Å². The smallest absolute Gasteiger partial charge is 0.0442 e. The molecule has 0 saturated carbocycles. The summed E-state index contributed by atoms with van der Waals surface area (Å²) in [7, 11) is 0. The Morgan fingerprint density at radius 2 is 1.07 bits per heavy atom. The molecule has 28 heavy (non-hydrogen) atoms. The molecule has 5 aromatic rings. The highest BCUT2D eigenvalue weighted by atomic mass is 32.1. The van der Waals surface area contributed by atoms with Gasteiger partial charge in [-0.25, -0.2) is 0 Å². The van der Waals surface area contributed by atoms with Crippen LogP contribution in [-0.2, 0) is 0 Å². The average Bonchev–Trinajstić information content (AvgIpc) is 3.45. The first kappa shape index (κ1) is 18.1. The van der Waals surface area contributed by atoms with Crippen LogP contribution in [0.4, 0.5) is 0 Å². The molecule has 0 fully saturated rings. The van der Waals surface area contributed by atoms with Gasteiger partial charge in [-0.2, -0.15) is 0 Å². The number of rotatable bonds is 4. The summed E-state index contributed by atoms with van der Waals surface area (Å²) in [5.74, 6) is 0. The second-order valence-corrected chi connectivity index (χ2v) is 11.0. The molecule has 0 aliphatic carbocycles. The van der Waals surface area contributed by atoms with E-state index in [0.29, 0.717) is 0 Å². The van der Waals surface area contributed by atoms with Crippen LogP contribution in [0.5, 0.6) is 0 Å². The molecule has 0 nitrogen and oxygen atoms in total. The summed E-state index contributed by atoms with van der Waals surface area (Å²) in [6, 6.07) is 13.5. The topological polar surface area (TPSA) is 0 Å². The minimum Gasteiger partial charge on any atom is -0.143 e. The Balaban J connectivity index is 1.84. The fraction of sp³-hybridized carbons (Fsp3) is 0.0833. The van der Waals surface area contributed by atoms with Crippen molar-refractivity contribution in [1.29, 1.82) is 0 Å². The second kappa shape index (κ2) is 6.82.